The van der Waals surface area contributed by atoms with E-state index in [-0.39, 0.29) is 5.91 Å². The van der Waals surface area contributed by atoms with Crippen LogP contribution in [0.2, 0.25) is 0 Å². The summed E-state index contributed by atoms with van der Waals surface area (Å²) in [5.74, 6) is 0.875. The summed E-state index contributed by atoms with van der Waals surface area (Å²) in [5, 5.41) is 0.818. The summed E-state index contributed by atoms with van der Waals surface area (Å²) >= 11 is 7.28. The maximum atomic E-state index is 12.4. The topological polar surface area (TPSA) is 64.8 Å². The lowest BCUT2D eigenvalue weighted by Crippen LogP contribution is -2.41. The fourth-order valence-corrected chi connectivity index (χ4v) is 5.25. The van der Waals surface area contributed by atoms with Gasteiger partial charge >= 0.3 is 0 Å². The average molecular weight is 429 g/mol. The highest BCUT2D eigenvalue weighted by Crippen LogP contribution is 2.43. The predicted molar refractivity (Wildman–Crippen MR) is 119 cm³/mol. The van der Waals surface area contributed by atoms with Crippen LogP contribution in [0.5, 0.6) is 10.8 Å². The van der Waals surface area contributed by atoms with E-state index < -0.39 is 0 Å². The first-order valence-electron chi connectivity index (χ1n) is 9.77. The number of carbonyl (C=O) groups is 1. The molecule has 1 fully saturated rings. The summed E-state index contributed by atoms with van der Waals surface area (Å²) in [6.07, 6.45) is 3.82. The highest BCUT2D eigenvalue weighted by atomic mass is 32.1. The largest absolute Gasteiger partial charge is 0.446 e. The normalized spacial score (nSPS) is 18.0. The number of nitrogens with two attached hydrogens (primary N) is 1. The van der Waals surface area contributed by atoms with E-state index in [9.17, 15) is 4.79 Å². The molecule has 2 heterocycles. The lowest BCUT2D eigenvalue weighted by Gasteiger charge is -2.26. The smallest absolute Gasteiger partial charge is 0.227 e. The van der Waals surface area contributed by atoms with Gasteiger partial charge < -0.3 is 20.1 Å². The van der Waals surface area contributed by atoms with Gasteiger partial charge in [0.25, 0.3) is 0 Å². The summed E-state index contributed by atoms with van der Waals surface area (Å²) < 4.78 is 11.5. The van der Waals surface area contributed by atoms with Crippen LogP contribution < -0.4 is 10.5 Å². The van der Waals surface area contributed by atoms with Gasteiger partial charge in [0.1, 0.15) is 5.75 Å². The number of morpholine rings is 1. The van der Waals surface area contributed by atoms with Crippen molar-refractivity contribution in [2.45, 2.75) is 26.2 Å². The minimum Gasteiger partial charge on any atom is -0.446 e. The van der Waals surface area contributed by atoms with Crippen LogP contribution in [0, 0.1) is 6.92 Å². The molecule has 0 spiro atoms. The second kappa shape index (κ2) is 8.65. The molecule has 1 aliphatic carbocycles. The van der Waals surface area contributed by atoms with Gasteiger partial charge in [0.05, 0.1) is 30.1 Å². The van der Waals surface area contributed by atoms with Crippen LogP contribution in [0.15, 0.2) is 36.0 Å². The van der Waals surface area contributed by atoms with E-state index in [4.69, 9.17) is 27.4 Å². The van der Waals surface area contributed by atoms with E-state index >= 15 is 0 Å². The summed E-state index contributed by atoms with van der Waals surface area (Å²) in [7, 11) is 0. The van der Waals surface area contributed by atoms with Crippen molar-refractivity contribution in [2.75, 3.05) is 26.3 Å². The molecule has 1 amide bonds. The first-order chi connectivity index (χ1) is 14.1. The highest BCUT2D eigenvalue weighted by molar-refractivity contribution is 7.81. The molecule has 152 valence electrons. The van der Waals surface area contributed by atoms with Crippen molar-refractivity contribution < 1.29 is 14.3 Å². The molecule has 5 nitrogen and oxygen atoms in total. The first-order valence-corrected chi connectivity index (χ1v) is 11.0. The number of rotatable bonds is 4. The SMILES string of the molecule is Cc1sc(Oc2ccc(CC(=O)N3CCOCC3)cc2)c2c1CCC(=CN)C2=S. The van der Waals surface area contributed by atoms with Crippen molar-refractivity contribution >= 4 is 34.3 Å². The molecule has 29 heavy (non-hydrogen) atoms. The lowest BCUT2D eigenvalue weighted by atomic mass is 9.90. The quantitative estimate of drug-likeness (QED) is 0.593. The lowest BCUT2D eigenvalue weighted by molar-refractivity contribution is -0.134. The number of hydrogen-bond donors (Lipinski definition) is 1. The van der Waals surface area contributed by atoms with Gasteiger partial charge in [-0.2, -0.15) is 0 Å². The number of nitrogens with zero attached hydrogens (tertiary/aromatic N) is 1. The molecular weight excluding hydrogens is 404 g/mol. The van der Waals surface area contributed by atoms with E-state index in [1.807, 2.05) is 29.2 Å². The van der Waals surface area contributed by atoms with Crippen molar-refractivity contribution in [3.05, 3.63) is 57.6 Å². The molecule has 0 radical (unpaired) electrons. The van der Waals surface area contributed by atoms with Crippen LogP contribution in [-0.4, -0.2) is 42.0 Å². The van der Waals surface area contributed by atoms with Crippen LogP contribution in [0.4, 0.5) is 0 Å². The molecule has 1 saturated heterocycles. The van der Waals surface area contributed by atoms with Crippen molar-refractivity contribution in [3.8, 4) is 10.8 Å². The van der Waals surface area contributed by atoms with E-state index in [2.05, 4.69) is 6.92 Å². The molecule has 1 aromatic carbocycles. The molecule has 0 atom stereocenters. The van der Waals surface area contributed by atoms with Gasteiger partial charge in [-0.15, -0.1) is 11.3 Å². The number of aryl methyl sites for hydroxylation is 1. The zero-order chi connectivity index (χ0) is 20.4. The van der Waals surface area contributed by atoms with Crippen molar-refractivity contribution in [3.63, 3.8) is 0 Å². The van der Waals surface area contributed by atoms with Crippen LogP contribution in [0.1, 0.15) is 28.0 Å². The molecule has 0 unspecified atom stereocenters. The van der Waals surface area contributed by atoms with E-state index in [1.54, 1.807) is 17.5 Å². The first kappa shape index (κ1) is 20.1. The third-order valence-electron chi connectivity index (χ3n) is 5.39. The molecule has 0 bridgehead atoms. The van der Waals surface area contributed by atoms with E-state index in [0.29, 0.717) is 32.7 Å². The van der Waals surface area contributed by atoms with Crippen LogP contribution in [0.25, 0.3) is 0 Å². The average Bonchev–Trinajstić information content (AvgIpc) is 3.06. The highest BCUT2D eigenvalue weighted by Gasteiger charge is 2.27. The Morgan fingerprint density at radius 3 is 2.69 bits per heavy atom. The monoisotopic (exact) mass is 428 g/mol. The number of thiophene rings is 1. The zero-order valence-electron chi connectivity index (χ0n) is 16.4. The third kappa shape index (κ3) is 4.22. The second-order valence-electron chi connectivity index (χ2n) is 7.24. The number of allylic oxidation sites excluding steroid dienone is 1. The Kier molecular flexibility index (Phi) is 5.99. The second-order valence-corrected chi connectivity index (χ2v) is 8.83. The minimum atomic E-state index is 0.136. The number of benzene rings is 1. The summed E-state index contributed by atoms with van der Waals surface area (Å²) in [6, 6.07) is 7.72. The van der Waals surface area contributed by atoms with Crippen molar-refractivity contribution in [1.29, 1.82) is 0 Å². The Balaban J connectivity index is 1.47. The predicted octanol–water partition coefficient (Wildman–Crippen LogP) is 3.76. The number of ether oxygens (including phenoxy) is 2. The molecule has 4 rings (SSSR count). The van der Waals surface area contributed by atoms with Gasteiger partial charge in [-0.3, -0.25) is 4.79 Å². The Labute approximate surface area is 180 Å². The summed E-state index contributed by atoms with van der Waals surface area (Å²) in [5.41, 5.74) is 10.0. The minimum absolute atomic E-state index is 0.136. The maximum absolute atomic E-state index is 12.4. The Morgan fingerprint density at radius 1 is 1.28 bits per heavy atom. The van der Waals surface area contributed by atoms with Gasteiger partial charge in [-0.25, -0.2) is 0 Å². The number of fused-ring (bicyclic) bond motifs is 1. The Hall–Kier alpha value is -2.22. The van der Waals surface area contributed by atoms with E-state index in [1.165, 1.54) is 10.4 Å². The molecule has 2 aliphatic rings. The van der Waals surface area contributed by atoms with Gasteiger partial charge in [0.15, 0.2) is 5.06 Å². The Morgan fingerprint density at radius 2 is 2.00 bits per heavy atom. The van der Waals surface area contributed by atoms with Gasteiger partial charge in [-0.1, -0.05) is 24.4 Å². The Bertz CT molecular complexity index is 957. The van der Waals surface area contributed by atoms with Gasteiger partial charge in [0, 0.05) is 18.0 Å². The number of hydrogen-bond acceptors (Lipinski definition) is 6. The summed E-state index contributed by atoms with van der Waals surface area (Å²) in [4.78, 5) is 16.3. The molecule has 1 aliphatic heterocycles. The molecule has 0 saturated carbocycles. The molecule has 2 N–H and O–H groups in total. The van der Waals surface area contributed by atoms with Crippen LogP contribution in [-0.2, 0) is 22.4 Å². The van der Waals surface area contributed by atoms with Gasteiger partial charge in [-0.05, 0) is 54.8 Å². The van der Waals surface area contributed by atoms with Crippen LogP contribution in [0.3, 0.4) is 0 Å². The van der Waals surface area contributed by atoms with Gasteiger partial charge in [0.2, 0.25) is 5.91 Å². The molecule has 2 aromatic rings. The number of amides is 1. The number of thiocarbonyl (C=S) groups is 1. The fraction of sp³-hybridized carbons (Fsp3) is 0.364. The maximum Gasteiger partial charge on any atom is 0.227 e. The fourth-order valence-electron chi connectivity index (χ4n) is 3.73. The van der Waals surface area contributed by atoms with Crippen LogP contribution >= 0.6 is 23.6 Å². The zero-order valence-corrected chi connectivity index (χ0v) is 18.0. The standard InChI is InChI=1S/C22H24N2O3S2/c1-14-18-7-4-16(13-23)21(28)20(18)22(29-14)27-17-5-2-15(3-6-17)12-19(25)24-8-10-26-11-9-24/h2-3,5-6,13H,4,7-12,23H2,1H3. The molecule has 1 aromatic heterocycles. The number of carbonyl (C=O) groups excluding carboxylic acids is 1. The third-order valence-corrected chi connectivity index (χ3v) is 6.89. The summed E-state index contributed by atoms with van der Waals surface area (Å²) in [6.45, 7) is 4.68. The van der Waals surface area contributed by atoms with Crippen molar-refractivity contribution in [1.82, 2.24) is 4.90 Å². The van der Waals surface area contributed by atoms with E-state index in [0.717, 1.165) is 45.2 Å². The van der Waals surface area contributed by atoms with Crippen molar-refractivity contribution in [2.24, 2.45) is 5.73 Å². The molecular formula is C22H24N2O3S2. The molecule has 7 heteroatoms.